The predicted molar refractivity (Wildman–Crippen MR) is 46.9 cm³/mol. The van der Waals surface area contributed by atoms with Crippen molar-refractivity contribution in [1.82, 2.24) is 4.90 Å². The Morgan fingerprint density at radius 1 is 1.13 bits per heavy atom. The van der Waals surface area contributed by atoms with Gasteiger partial charge in [-0.15, -0.1) is 0 Å². The van der Waals surface area contributed by atoms with Gasteiger partial charge in [0, 0.05) is 5.54 Å². The van der Waals surface area contributed by atoms with Crippen molar-refractivity contribution in [2.75, 3.05) is 13.1 Å². The summed E-state index contributed by atoms with van der Waals surface area (Å²) in [5.74, 6) is 0. The second kappa shape index (κ2) is 3.59. The molecule has 0 aliphatic carbocycles. The molecule has 0 atom stereocenters. The van der Waals surface area contributed by atoms with Gasteiger partial charge in [-0.1, -0.05) is 6.92 Å². The summed E-state index contributed by atoms with van der Waals surface area (Å²) in [6.07, 6.45) is -7.05. The first kappa shape index (κ1) is 12.7. The molecule has 1 saturated heterocycles. The summed E-state index contributed by atoms with van der Waals surface area (Å²) in [6.45, 7) is 3.51. The number of hydrogen-bond acceptors (Lipinski definition) is 2. The van der Waals surface area contributed by atoms with Crippen LogP contribution in [0.1, 0.15) is 27.2 Å². The number of rotatable bonds is 2. The van der Waals surface area contributed by atoms with Gasteiger partial charge in [-0.25, -0.2) is 0 Å². The van der Waals surface area contributed by atoms with Gasteiger partial charge in [0.15, 0.2) is 0 Å². The molecule has 0 unspecified atom stereocenters. The van der Waals surface area contributed by atoms with E-state index in [0.29, 0.717) is 6.42 Å². The molecule has 0 spiro atoms. The van der Waals surface area contributed by atoms with Gasteiger partial charge < -0.3 is 0 Å². The first-order chi connectivity index (χ1) is 6.58. The summed E-state index contributed by atoms with van der Waals surface area (Å²) in [5, 5.41) is 0. The van der Waals surface area contributed by atoms with Gasteiger partial charge in [-0.3, -0.25) is 9.64 Å². The van der Waals surface area contributed by atoms with E-state index >= 15 is 0 Å². The molecule has 0 saturated carbocycles. The van der Waals surface area contributed by atoms with Crippen LogP contribution in [0.4, 0.5) is 17.6 Å². The van der Waals surface area contributed by atoms with Gasteiger partial charge in [0.25, 0.3) is 0 Å². The van der Waals surface area contributed by atoms with E-state index in [1.807, 2.05) is 0 Å². The molecule has 0 aromatic rings. The summed E-state index contributed by atoms with van der Waals surface area (Å²) in [6, 6.07) is 0. The standard InChI is InChI=1S/C9H15F4NO/c1-4-7(2,3)14-5-8(10,11)15-9(12,13)6-14/h4-6H2,1-3H3. The Kier molecular flexibility index (Phi) is 3.04. The Bertz CT molecular complexity index is 226. The lowest BCUT2D eigenvalue weighted by molar-refractivity contribution is -0.410. The Hall–Kier alpha value is -0.360. The van der Waals surface area contributed by atoms with Crippen LogP contribution >= 0.6 is 0 Å². The van der Waals surface area contributed by atoms with E-state index in [4.69, 9.17) is 0 Å². The summed E-state index contributed by atoms with van der Waals surface area (Å²) in [4.78, 5) is 1.07. The lowest BCUT2D eigenvalue weighted by Crippen LogP contribution is -2.60. The van der Waals surface area contributed by atoms with Crippen LogP contribution in [0.5, 0.6) is 0 Å². The maximum atomic E-state index is 12.9. The van der Waals surface area contributed by atoms with Gasteiger partial charge in [0.05, 0.1) is 13.1 Å². The molecule has 1 aliphatic heterocycles. The molecule has 0 aromatic carbocycles. The smallest absolute Gasteiger partial charge is 0.282 e. The Morgan fingerprint density at radius 3 is 1.87 bits per heavy atom. The number of hydrogen-bond donors (Lipinski definition) is 0. The molecule has 15 heavy (non-hydrogen) atoms. The molecule has 6 heteroatoms. The van der Waals surface area contributed by atoms with E-state index < -0.39 is 30.8 Å². The van der Waals surface area contributed by atoms with E-state index in [0.717, 1.165) is 4.90 Å². The van der Waals surface area contributed by atoms with Crippen molar-refractivity contribution in [2.24, 2.45) is 0 Å². The van der Waals surface area contributed by atoms with Crippen LogP contribution in [0.2, 0.25) is 0 Å². The molecular weight excluding hydrogens is 214 g/mol. The topological polar surface area (TPSA) is 12.5 Å². The highest BCUT2D eigenvalue weighted by Gasteiger charge is 2.53. The molecular formula is C9H15F4NO. The number of ether oxygens (including phenoxy) is 1. The van der Waals surface area contributed by atoms with Gasteiger partial charge in [-0.2, -0.15) is 17.6 Å². The quantitative estimate of drug-likeness (QED) is 0.675. The highest BCUT2D eigenvalue weighted by Crippen LogP contribution is 2.37. The van der Waals surface area contributed by atoms with Crippen molar-refractivity contribution in [3.63, 3.8) is 0 Å². The molecule has 1 rings (SSSR count). The van der Waals surface area contributed by atoms with Crippen molar-refractivity contribution >= 4 is 0 Å². The fraction of sp³-hybridized carbons (Fsp3) is 1.00. The average Bonchev–Trinajstić information content (AvgIpc) is 1.98. The molecule has 2 nitrogen and oxygen atoms in total. The third-order valence-corrected chi connectivity index (χ3v) is 2.77. The third kappa shape index (κ3) is 3.04. The molecule has 0 N–H and O–H groups in total. The van der Waals surface area contributed by atoms with E-state index in [1.54, 1.807) is 20.8 Å². The summed E-state index contributed by atoms with van der Waals surface area (Å²) in [5.41, 5.74) is -0.684. The van der Waals surface area contributed by atoms with Crippen LogP contribution in [0, 0.1) is 0 Å². The van der Waals surface area contributed by atoms with Crippen molar-refractivity contribution in [1.29, 1.82) is 0 Å². The summed E-state index contributed by atoms with van der Waals surface area (Å²) >= 11 is 0. The van der Waals surface area contributed by atoms with Crippen LogP contribution in [0.3, 0.4) is 0 Å². The van der Waals surface area contributed by atoms with E-state index in [-0.39, 0.29) is 0 Å². The first-order valence-corrected chi connectivity index (χ1v) is 4.79. The van der Waals surface area contributed by atoms with Gasteiger partial charge >= 0.3 is 12.2 Å². The molecule has 0 radical (unpaired) electrons. The SMILES string of the molecule is CCC(C)(C)N1CC(F)(F)OC(F)(F)C1. The Morgan fingerprint density at radius 2 is 1.53 bits per heavy atom. The average molecular weight is 229 g/mol. The second-order valence-corrected chi connectivity index (χ2v) is 4.40. The Labute approximate surface area is 86.2 Å². The zero-order valence-electron chi connectivity index (χ0n) is 8.99. The van der Waals surface area contributed by atoms with Crippen LogP contribution < -0.4 is 0 Å². The van der Waals surface area contributed by atoms with Gasteiger partial charge in [-0.05, 0) is 20.3 Å². The van der Waals surface area contributed by atoms with E-state index in [2.05, 4.69) is 4.74 Å². The minimum absolute atomic E-state index is 0.513. The second-order valence-electron chi connectivity index (χ2n) is 4.40. The molecule has 0 aromatic heterocycles. The first-order valence-electron chi connectivity index (χ1n) is 4.79. The molecule has 0 amide bonds. The van der Waals surface area contributed by atoms with Crippen LogP contribution in [0.15, 0.2) is 0 Å². The molecule has 1 heterocycles. The van der Waals surface area contributed by atoms with Crippen molar-refractivity contribution < 1.29 is 22.3 Å². The number of halogens is 4. The summed E-state index contributed by atoms with van der Waals surface area (Å²) in [7, 11) is 0. The largest absolute Gasteiger partial charge is 0.372 e. The highest BCUT2D eigenvalue weighted by atomic mass is 19.3. The van der Waals surface area contributed by atoms with Crippen LogP contribution in [0.25, 0.3) is 0 Å². The van der Waals surface area contributed by atoms with Crippen LogP contribution in [-0.2, 0) is 4.74 Å². The lowest BCUT2D eigenvalue weighted by atomic mass is 9.98. The highest BCUT2D eigenvalue weighted by molar-refractivity contribution is 4.87. The minimum Gasteiger partial charge on any atom is -0.282 e. The fourth-order valence-corrected chi connectivity index (χ4v) is 1.43. The Balaban J connectivity index is 2.84. The number of alkyl halides is 4. The minimum atomic E-state index is -3.78. The molecule has 1 aliphatic rings. The maximum Gasteiger partial charge on any atom is 0.372 e. The normalized spacial score (nSPS) is 26.6. The van der Waals surface area contributed by atoms with Gasteiger partial charge in [0.1, 0.15) is 0 Å². The number of nitrogens with zero attached hydrogens (tertiary/aromatic N) is 1. The van der Waals surface area contributed by atoms with E-state index in [1.165, 1.54) is 0 Å². The number of morpholine rings is 1. The molecule has 1 fully saturated rings. The molecule has 0 bridgehead atoms. The monoisotopic (exact) mass is 229 g/mol. The van der Waals surface area contributed by atoms with Gasteiger partial charge in [0.2, 0.25) is 0 Å². The van der Waals surface area contributed by atoms with Crippen molar-refractivity contribution in [2.45, 2.75) is 44.9 Å². The third-order valence-electron chi connectivity index (χ3n) is 2.77. The fourth-order valence-electron chi connectivity index (χ4n) is 1.43. The lowest BCUT2D eigenvalue weighted by Gasteiger charge is -2.45. The zero-order chi connectivity index (χ0) is 11.9. The summed E-state index contributed by atoms with van der Waals surface area (Å²) < 4.78 is 54.9. The maximum absolute atomic E-state index is 12.9. The van der Waals surface area contributed by atoms with E-state index in [9.17, 15) is 17.6 Å². The van der Waals surface area contributed by atoms with Crippen molar-refractivity contribution in [3.05, 3.63) is 0 Å². The van der Waals surface area contributed by atoms with Crippen molar-refractivity contribution in [3.8, 4) is 0 Å². The predicted octanol–water partition coefficient (Wildman–Crippen LogP) is 2.69. The zero-order valence-corrected chi connectivity index (χ0v) is 8.99. The molecule has 90 valence electrons. The van der Waals surface area contributed by atoms with Crippen LogP contribution in [-0.4, -0.2) is 35.7 Å².